The van der Waals surface area contributed by atoms with Crippen LogP contribution in [0.4, 0.5) is 0 Å². The molecular formula is C27H68N2. The summed E-state index contributed by atoms with van der Waals surface area (Å²) in [6, 6.07) is 1.54. The molecule has 0 radical (unpaired) electrons. The van der Waals surface area contributed by atoms with Crippen molar-refractivity contribution in [3.63, 3.8) is 0 Å². The number of hydrogen-bond donors (Lipinski definition) is 0. The predicted octanol–water partition coefficient (Wildman–Crippen LogP) is 9.53. The SMILES string of the molecule is CC.CC.CC.CC.CC.CC.CC(C)N1CCCC1.CC(C)N1CCCCC1. The van der Waals surface area contributed by atoms with Gasteiger partial charge in [0.2, 0.25) is 0 Å². The van der Waals surface area contributed by atoms with E-state index in [1.54, 1.807) is 0 Å². The molecule has 2 aliphatic rings. The minimum absolute atomic E-state index is 0.769. The Labute approximate surface area is 191 Å². The molecule has 2 fully saturated rings. The van der Waals surface area contributed by atoms with E-state index >= 15 is 0 Å². The summed E-state index contributed by atoms with van der Waals surface area (Å²) in [6.45, 7) is 38.4. The molecule has 2 nitrogen and oxygen atoms in total. The van der Waals surface area contributed by atoms with Crippen LogP contribution in [0.5, 0.6) is 0 Å². The molecule has 2 rings (SSSR count). The highest BCUT2D eigenvalue weighted by Gasteiger charge is 2.13. The van der Waals surface area contributed by atoms with E-state index in [1.807, 2.05) is 83.1 Å². The van der Waals surface area contributed by atoms with Crippen LogP contribution in [-0.2, 0) is 0 Å². The number of hydrogen-bond acceptors (Lipinski definition) is 2. The Morgan fingerprint density at radius 3 is 0.655 bits per heavy atom. The summed E-state index contributed by atoms with van der Waals surface area (Å²) in [5.74, 6) is 0. The molecular weight excluding hydrogens is 352 g/mol. The minimum Gasteiger partial charge on any atom is -0.301 e. The van der Waals surface area contributed by atoms with Crippen LogP contribution in [0.3, 0.4) is 0 Å². The van der Waals surface area contributed by atoms with Gasteiger partial charge in [0.05, 0.1) is 0 Å². The maximum Gasteiger partial charge on any atom is 0.00385 e. The molecule has 0 aromatic carbocycles. The summed E-state index contributed by atoms with van der Waals surface area (Å²) in [6.07, 6.45) is 7.11. The van der Waals surface area contributed by atoms with Crippen LogP contribution in [0.25, 0.3) is 0 Å². The fourth-order valence-electron chi connectivity index (χ4n) is 2.69. The normalized spacial score (nSPS) is 14.7. The van der Waals surface area contributed by atoms with Crippen molar-refractivity contribution in [3.05, 3.63) is 0 Å². The van der Waals surface area contributed by atoms with Crippen LogP contribution in [-0.4, -0.2) is 48.1 Å². The lowest BCUT2D eigenvalue weighted by molar-refractivity contribution is 0.185. The van der Waals surface area contributed by atoms with Gasteiger partial charge in [-0.15, -0.1) is 0 Å². The third kappa shape index (κ3) is 35.7. The maximum absolute atomic E-state index is 2.56. The summed E-state index contributed by atoms with van der Waals surface area (Å²) < 4.78 is 0. The van der Waals surface area contributed by atoms with Crippen LogP contribution < -0.4 is 0 Å². The largest absolute Gasteiger partial charge is 0.301 e. The zero-order valence-corrected chi connectivity index (χ0v) is 24.4. The molecule has 2 saturated heterocycles. The standard InChI is InChI=1S/C8H17N.C7H15N.6C2H6/c1-8(2)9-6-4-3-5-7-9;1-7(2)8-5-3-4-6-8;6*1-2/h8H,3-7H2,1-2H3;7H,3-6H2,1-2H3;6*1-2H3. The first-order valence-electron chi connectivity index (χ1n) is 13.6. The maximum atomic E-state index is 2.56. The van der Waals surface area contributed by atoms with E-state index in [-0.39, 0.29) is 0 Å². The lowest BCUT2D eigenvalue weighted by Gasteiger charge is -2.29. The zero-order chi connectivity index (χ0) is 24.7. The first kappa shape index (κ1) is 42.9. The smallest absolute Gasteiger partial charge is 0.00385 e. The number of piperidine rings is 1. The number of rotatable bonds is 2. The van der Waals surface area contributed by atoms with Crippen molar-refractivity contribution in [2.24, 2.45) is 0 Å². The molecule has 0 saturated carbocycles. The molecule has 0 atom stereocenters. The Morgan fingerprint density at radius 1 is 0.345 bits per heavy atom. The average molecular weight is 421 g/mol. The molecule has 2 heteroatoms. The van der Waals surface area contributed by atoms with E-state index in [2.05, 4.69) is 37.5 Å². The number of likely N-dealkylation sites (tertiary alicyclic amines) is 2. The first-order chi connectivity index (χ1) is 14.1. The number of nitrogens with zero attached hydrogens (tertiary/aromatic N) is 2. The van der Waals surface area contributed by atoms with Gasteiger partial charge in [-0.2, -0.15) is 0 Å². The Balaban J connectivity index is -0.0000000606. The van der Waals surface area contributed by atoms with Gasteiger partial charge in [-0.05, 0) is 79.6 Å². The van der Waals surface area contributed by atoms with Crippen molar-refractivity contribution in [1.82, 2.24) is 9.80 Å². The van der Waals surface area contributed by atoms with Gasteiger partial charge in [-0.1, -0.05) is 89.5 Å². The summed E-state index contributed by atoms with van der Waals surface area (Å²) in [5, 5.41) is 0. The quantitative estimate of drug-likeness (QED) is 0.438. The van der Waals surface area contributed by atoms with Crippen LogP contribution in [0, 0.1) is 0 Å². The fraction of sp³-hybridized carbons (Fsp3) is 1.00. The second kappa shape index (κ2) is 46.2. The van der Waals surface area contributed by atoms with Crippen molar-refractivity contribution >= 4 is 0 Å². The van der Waals surface area contributed by atoms with Crippen LogP contribution >= 0.6 is 0 Å². The van der Waals surface area contributed by atoms with Crippen LogP contribution in [0.2, 0.25) is 0 Å². The van der Waals surface area contributed by atoms with Gasteiger partial charge >= 0.3 is 0 Å². The van der Waals surface area contributed by atoms with Gasteiger partial charge in [0.1, 0.15) is 0 Å². The van der Waals surface area contributed by atoms with Gasteiger partial charge in [-0.25, -0.2) is 0 Å². The molecule has 186 valence electrons. The topological polar surface area (TPSA) is 6.48 Å². The molecule has 0 unspecified atom stereocenters. The Kier molecular flexibility index (Phi) is 68.4. The summed E-state index contributed by atoms with van der Waals surface area (Å²) >= 11 is 0. The van der Waals surface area contributed by atoms with Crippen molar-refractivity contribution in [1.29, 1.82) is 0 Å². The van der Waals surface area contributed by atoms with Gasteiger partial charge in [0, 0.05) is 12.1 Å². The van der Waals surface area contributed by atoms with Crippen molar-refractivity contribution in [3.8, 4) is 0 Å². The lowest BCUT2D eigenvalue weighted by Crippen LogP contribution is -2.35. The highest BCUT2D eigenvalue weighted by molar-refractivity contribution is 4.69. The Morgan fingerprint density at radius 2 is 0.517 bits per heavy atom. The van der Waals surface area contributed by atoms with Crippen LogP contribution in [0.1, 0.15) is 143 Å². The second-order valence-electron chi connectivity index (χ2n) is 6.03. The van der Waals surface area contributed by atoms with E-state index in [9.17, 15) is 0 Å². The predicted molar refractivity (Wildman–Crippen MR) is 145 cm³/mol. The Hall–Kier alpha value is -0.0800. The van der Waals surface area contributed by atoms with Crippen molar-refractivity contribution < 1.29 is 0 Å². The molecule has 2 aliphatic heterocycles. The monoisotopic (exact) mass is 421 g/mol. The molecule has 0 N–H and O–H groups in total. The third-order valence-electron chi connectivity index (χ3n) is 3.99. The molecule has 0 aromatic heterocycles. The van der Waals surface area contributed by atoms with E-state index in [4.69, 9.17) is 0 Å². The molecule has 29 heavy (non-hydrogen) atoms. The van der Waals surface area contributed by atoms with Gasteiger partial charge in [0.15, 0.2) is 0 Å². The molecule has 0 bridgehead atoms. The van der Waals surface area contributed by atoms with Gasteiger partial charge < -0.3 is 9.80 Å². The highest BCUT2D eigenvalue weighted by Crippen LogP contribution is 2.11. The molecule has 0 aliphatic carbocycles. The average Bonchev–Trinajstić information content (AvgIpc) is 3.38. The Bertz CT molecular complexity index is 179. The molecule has 0 aromatic rings. The van der Waals surface area contributed by atoms with Gasteiger partial charge in [0.25, 0.3) is 0 Å². The van der Waals surface area contributed by atoms with Gasteiger partial charge in [-0.3, -0.25) is 0 Å². The second-order valence-corrected chi connectivity index (χ2v) is 6.03. The van der Waals surface area contributed by atoms with E-state index in [0.717, 1.165) is 12.1 Å². The highest BCUT2D eigenvalue weighted by atomic mass is 15.2. The lowest BCUT2D eigenvalue weighted by atomic mass is 10.1. The van der Waals surface area contributed by atoms with E-state index in [1.165, 1.54) is 58.3 Å². The zero-order valence-electron chi connectivity index (χ0n) is 24.4. The molecule has 2 heterocycles. The van der Waals surface area contributed by atoms with E-state index < -0.39 is 0 Å². The minimum atomic E-state index is 0.769. The van der Waals surface area contributed by atoms with Crippen molar-refractivity contribution in [2.75, 3.05) is 26.2 Å². The fourth-order valence-corrected chi connectivity index (χ4v) is 2.69. The third-order valence-corrected chi connectivity index (χ3v) is 3.99. The molecule has 0 spiro atoms. The first-order valence-corrected chi connectivity index (χ1v) is 13.6. The summed E-state index contributed by atoms with van der Waals surface area (Å²) in [5.41, 5.74) is 0. The summed E-state index contributed by atoms with van der Waals surface area (Å²) in [7, 11) is 0. The summed E-state index contributed by atoms with van der Waals surface area (Å²) in [4.78, 5) is 5.09. The van der Waals surface area contributed by atoms with Crippen LogP contribution in [0.15, 0.2) is 0 Å². The van der Waals surface area contributed by atoms with E-state index in [0.29, 0.717) is 0 Å². The molecule has 0 amide bonds. The van der Waals surface area contributed by atoms with Crippen molar-refractivity contribution in [2.45, 2.75) is 155 Å².